The van der Waals surface area contributed by atoms with E-state index >= 15 is 0 Å². The molecule has 0 saturated carbocycles. The summed E-state index contributed by atoms with van der Waals surface area (Å²) in [5, 5.41) is 5.84. The summed E-state index contributed by atoms with van der Waals surface area (Å²) < 4.78 is 5.23. The zero-order chi connectivity index (χ0) is 14.5. The molecule has 2 rings (SSSR count). The molecule has 20 heavy (non-hydrogen) atoms. The zero-order valence-electron chi connectivity index (χ0n) is 12.6. The van der Waals surface area contributed by atoms with Crippen LogP contribution in [0.5, 0.6) is 5.75 Å². The summed E-state index contributed by atoms with van der Waals surface area (Å²) in [6.45, 7) is 7.61. The Morgan fingerprint density at radius 1 is 1.15 bits per heavy atom. The highest BCUT2D eigenvalue weighted by atomic mass is 32.1. The van der Waals surface area contributed by atoms with Crippen molar-refractivity contribution in [3.63, 3.8) is 0 Å². The van der Waals surface area contributed by atoms with Crippen LogP contribution in [0.4, 0.5) is 0 Å². The average Bonchev–Trinajstić information content (AvgIpc) is 2.85. The minimum Gasteiger partial charge on any atom is -0.497 e. The maximum Gasteiger partial charge on any atom is 0.118 e. The lowest BCUT2D eigenvalue weighted by atomic mass is 9.96. The predicted octanol–water partition coefficient (Wildman–Crippen LogP) is 4.55. The lowest BCUT2D eigenvalue weighted by Crippen LogP contribution is -2.25. The van der Waals surface area contributed by atoms with Crippen molar-refractivity contribution in [2.24, 2.45) is 5.92 Å². The molecule has 0 amide bonds. The SMILES string of the molecule is COc1ccc(C(NCc2sccc2C)C(C)C)cc1. The van der Waals surface area contributed by atoms with E-state index in [-0.39, 0.29) is 0 Å². The number of methoxy groups -OCH3 is 1. The van der Waals surface area contributed by atoms with Gasteiger partial charge in [0, 0.05) is 17.5 Å². The lowest BCUT2D eigenvalue weighted by molar-refractivity contribution is 0.405. The van der Waals surface area contributed by atoms with Gasteiger partial charge in [-0.05, 0) is 47.5 Å². The van der Waals surface area contributed by atoms with Crippen LogP contribution >= 0.6 is 11.3 Å². The van der Waals surface area contributed by atoms with Crippen LogP contribution in [0.15, 0.2) is 35.7 Å². The number of rotatable bonds is 6. The van der Waals surface area contributed by atoms with Crippen molar-refractivity contribution in [1.82, 2.24) is 5.32 Å². The van der Waals surface area contributed by atoms with Gasteiger partial charge in [-0.1, -0.05) is 26.0 Å². The number of aryl methyl sites for hydroxylation is 1. The number of thiophene rings is 1. The van der Waals surface area contributed by atoms with Gasteiger partial charge in [0.05, 0.1) is 7.11 Å². The van der Waals surface area contributed by atoms with Gasteiger partial charge >= 0.3 is 0 Å². The monoisotopic (exact) mass is 289 g/mol. The molecule has 0 spiro atoms. The third kappa shape index (κ3) is 3.62. The molecule has 0 saturated heterocycles. The van der Waals surface area contributed by atoms with E-state index in [1.807, 2.05) is 23.5 Å². The van der Waals surface area contributed by atoms with E-state index in [4.69, 9.17) is 4.74 Å². The molecule has 0 fully saturated rings. The highest BCUT2D eigenvalue weighted by Crippen LogP contribution is 2.25. The molecular weight excluding hydrogens is 266 g/mol. The van der Waals surface area contributed by atoms with E-state index in [2.05, 4.69) is 49.7 Å². The Morgan fingerprint density at radius 3 is 2.35 bits per heavy atom. The fourth-order valence-corrected chi connectivity index (χ4v) is 3.19. The zero-order valence-corrected chi connectivity index (χ0v) is 13.5. The van der Waals surface area contributed by atoms with Gasteiger partial charge in [-0.3, -0.25) is 0 Å². The van der Waals surface area contributed by atoms with Gasteiger partial charge in [0.2, 0.25) is 0 Å². The summed E-state index contributed by atoms with van der Waals surface area (Å²) in [5.41, 5.74) is 2.69. The Hall–Kier alpha value is -1.32. The molecule has 1 aromatic heterocycles. The quantitative estimate of drug-likeness (QED) is 0.842. The molecule has 0 aliphatic heterocycles. The van der Waals surface area contributed by atoms with Crippen molar-refractivity contribution in [3.05, 3.63) is 51.7 Å². The van der Waals surface area contributed by atoms with E-state index in [0.29, 0.717) is 12.0 Å². The lowest BCUT2D eigenvalue weighted by Gasteiger charge is -2.23. The first kappa shape index (κ1) is 15.1. The standard InChI is InChI=1S/C17H23NOS/c1-12(2)17(14-5-7-15(19-4)8-6-14)18-11-16-13(3)9-10-20-16/h5-10,12,17-18H,11H2,1-4H3. The van der Waals surface area contributed by atoms with Gasteiger partial charge in [0.15, 0.2) is 0 Å². The van der Waals surface area contributed by atoms with Crippen molar-refractivity contribution in [3.8, 4) is 5.75 Å². The number of hydrogen-bond donors (Lipinski definition) is 1. The maximum atomic E-state index is 5.23. The second-order valence-electron chi connectivity index (χ2n) is 5.40. The normalized spacial score (nSPS) is 12.7. The van der Waals surface area contributed by atoms with Gasteiger partial charge in [-0.25, -0.2) is 0 Å². The highest BCUT2D eigenvalue weighted by molar-refractivity contribution is 7.10. The molecule has 108 valence electrons. The molecule has 3 heteroatoms. The second kappa shape index (κ2) is 6.91. The Bertz CT molecular complexity index is 530. The van der Waals surface area contributed by atoms with Crippen LogP contribution in [0.3, 0.4) is 0 Å². The summed E-state index contributed by atoms with van der Waals surface area (Å²) in [5.74, 6) is 1.45. The summed E-state index contributed by atoms with van der Waals surface area (Å²) in [7, 11) is 1.70. The van der Waals surface area contributed by atoms with Gasteiger partial charge in [0.25, 0.3) is 0 Å². The summed E-state index contributed by atoms with van der Waals surface area (Å²) >= 11 is 1.82. The first-order valence-electron chi connectivity index (χ1n) is 7.02. The molecule has 2 aromatic rings. The van der Waals surface area contributed by atoms with Gasteiger partial charge in [-0.2, -0.15) is 0 Å². The molecule has 1 unspecified atom stereocenters. The predicted molar refractivity (Wildman–Crippen MR) is 86.5 cm³/mol. The van der Waals surface area contributed by atoms with E-state index in [1.165, 1.54) is 16.0 Å². The first-order valence-corrected chi connectivity index (χ1v) is 7.90. The molecule has 0 aliphatic rings. The van der Waals surface area contributed by atoms with Gasteiger partial charge < -0.3 is 10.1 Å². The van der Waals surface area contributed by atoms with Gasteiger partial charge in [-0.15, -0.1) is 11.3 Å². The van der Waals surface area contributed by atoms with Crippen molar-refractivity contribution in [1.29, 1.82) is 0 Å². The van der Waals surface area contributed by atoms with Crippen LogP contribution < -0.4 is 10.1 Å². The maximum absolute atomic E-state index is 5.23. The Balaban J connectivity index is 2.08. The Labute approximate surface area is 125 Å². The number of hydrogen-bond acceptors (Lipinski definition) is 3. The van der Waals surface area contributed by atoms with E-state index < -0.39 is 0 Å². The van der Waals surface area contributed by atoms with Crippen LogP contribution in [-0.4, -0.2) is 7.11 Å². The first-order chi connectivity index (χ1) is 9.61. The van der Waals surface area contributed by atoms with Crippen LogP contribution in [-0.2, 0) is 6.54 Å². The van der Waals surface area contributed by atoms with E-state index in [0.717, 1.165) is 12.3 Å². The molecule has 1 N–H and O–H groups in total. The molecule has 2 nitrogen and oxygen atoms in total. The highest BCUT2D eigenvalue weighted by Gasteiger charge is 2.15. The fourth-order valence-electron chi connectivity index (χ4n) is 2.34. The Morgan fingerprint density at radius 2 is 1.85 bits per heavy atom. The molecular formula is C17H23NOS. The molecule has 0 bridgehead atoms. The molecule has 0 radical (unpaired) electrons. The minimum absolute atomic E-state index is 0.363. The van der Waals surface area contributed by atoms with Gasteiger partial charge in [0.1, 0.15) is 5.75 Å². The number of benzene rings is 1. The van der Waals surface area contributed by atoms with Crippen molar-refractivity contribution >= 4 is 11.3 Å². The molecule has 1 heterocycles. The smallest absolute Gasteiger partial charge is 0.118 e. The van der Waals surface area contributed by atoms with Crippen LogP contribution in [0.2, 0.25) is 0 Å². The number of nitrogens with one attached hydrogen (secondary N) is 1. The third-order valence-corrected chi connectivity index (χ3v) is 4.62. The van der Waals surface area contributed by atoms with Crippen LogP contribution in [0, 0.1) is 12.8 Å². The van der Waals surface area contributed by atoms with E-state index in [9.17, 15) is 0 Å². The minimum atomic E-state index is 0.363. The summed E-state index contributed by atoms with van der Waals surface area (Å²) in [6.07, 6.45) is 0. The van der Waals surface area contributed by atoms with Crippen molar-refractivity contribution < 1.29 is 4.74 Å². The van der Waals surface area contributed by atoms with E-state index in [1.54, 1.807) is 7.11 Å². The topological polar surface area (TPSA) is 21.3 Å². The summed E-state index contributed by atoms with van der Waals surface area (Å²) in [4.78, 5) is 1.42. The number of ether oxygens (including phenoxy) is 1. The molecule has 1 aromatic carbocycles. The van der Waals surface area contributed by atoms with Crippen LogP contribution in [0.1, 0.15) is 35.9 Å². The molecule has 0 aliphatic carbocycles. The van der Waals surface area contributed by atoms with Crippen molar-refractivity contribution in [2.75, 3.05) is 7.11 Å². The second-order valence-corrected chi connectivity index (χ2v) is 6.40. The Kier molecular flexibility index (Phi) is 5.21. The van der Waals surface area contributed by atoms with Crippen LogP contribution in [0.25, 0.3) is 0 Å². The average molecular weight is 289 g/mol. The fraction of sp³-hybridized carbons (Fsp3) is 0.412. The largest absolute Gasteiger partial charge is 0.497 e. The molecule has 1 atom stereocenters. The van der Waals surface area contributed by atoms with Crippen molar-refractivity contribution in [2.45, 2.75) is 33.4 Å². The summed E-state index contributed by atoms with van der Waals surface area (Å²) in [6, 6.07) is 10.9. The third-order valence-electron chi connectivity index (χ3n) is 3.59.